The molecule has 0 atom stereocenters. The fourth-order valence-electron chi connectivity index (χ4n) is 1.97. The van der Waals surface area contributed by atoms with Crippen LogP contribution >= 0.6 is 15.9 Å². The summed E-state index contributed by atoms with van der Waals surface area (Å²) in [7, 11) is 1.72. The topological polar surface area (TPSA) is 27.8 Å². The molecule has 1 heterocycles. The van der Waals surface area contributed by atoms with E-state index in [0.29, 0.717) is 29.4 Å². The molecule has 0 spiro atoms. The average Bonchev–Trinajstić information content (AvgIpc) is 2.64. The Labute approximate surface area is 111 Å². The minimum Gasteiger partial charge on any atom is -0.351 e. The first-order chi connectivity index (χ1) is 8.43. The maximum absolute atomic E-state index is 13.0. The summed E-state index contributed by atoms with van der Waals surface area (Å²) in [5.74, 6) is 0. The van der Waals surface area contributed by atoms with Gasteiger partial charge in [0.2, 0.25) is 0 Å². The molecule has 98 valence electrons. The number of likely N-dealkylation sites (N-methyl/N-ethyl adjacent to an activating group) is 1. The predicted octanol–water partition coefficient (Wildman–Crippen LogP) is 3.71. The number of fused-ring (bicyclic) bond motifs is 1. The zero-order valence-electron chi connectivity index (χ0n) is 9.66. The minimum absolute atomic E-state index is 0.313. The second-order valence-corrected chi connectivity index (χ2v) is 4.94. The molecule has 18 heavy (non-hydrogen) atoms. The lowest BCUT2D eigenvalue weighted by Gasteiger charge is -2.08. The highest BCUT2D eigenvalue weighted by atomic mass is 79.9. The van der Waals surface area contributed by atoms with Crippen LogP contribution in [0.5, 0.6) is 0 Å². The highest BCUT2D eigenvalue weighted by Crippen LogP contribution is 2.36. The summed E-state index contributed by atoms with van der Waals surface area (Å²) in [6.07, 6.45) is -4.02. The lowest BCUT2D eigenvalue weighted by atomic mass is 10.1. The van der Waals surface area contributed by atoms with Gasteiger partial charge in [-0.2, -0.15) is 13.2 Å². The molecule has 0 aliphatic rings. The number of hydrogen-bond acceptors (Lipinski definition) is 1. The van der Waals surface area contributed by atoms with Crippen molar-refractivity contribution in [3.8, 4) is 0 Å². The van der Waals surface area contributed by atoms with E-state index in [2.05, 4.69) is 26.2 Å². The van der Waals surface area contributed by atoms with Crippen LogP contribution in [0, 0.1) is 0 Å². The molecule has 2 rings (SSSR count). The van der Waals surface area contributed by atoms with Crippen LogP contribution in [-0.2, 0) is 12.6 Å². The van der Waals surface area contributed by atoms with E-state index in [-0.39, 0.29) is 0 Å². The molecule has 1 aromatic carbocycles. The lowest BCUT2D eigenvalue weighted by molar-refractivity contribution is -0.141. The van der Waals surface area contributed by atoms with E-state index in [1.165, 1.54) is 0 Å². The van der Waals surface area contributed by atoms with Gasteiger partial charge in [-0.05, 0) is 43.8 Å². The maximum Gasteiger partial charge on any atom is 0.431 e. The standard InChI is InChI=1S/C12H12BrF3N2/c1-17-5-4-8-9-6-7(13)2-3-10(9)18-11(8)12(14,15)16/h2-3,6,17-18H,4-5H2,1H3. The Morgan fingerprint density at radius 2 is 2.06 bits per heavy atom. The van der Waals surface area contributed by atoms with Crippen LogP contribution in [0.4, 0.5) is 13.2 Å². The second kappa shape index (κ2) is 4.93. The quantitative estimate of drug-likeness (QED) is 0.886. The number of hydrogen-bond donors (Lipinski definition) is 2. The molecule has 0 amide bonds. The summed E-state index contributed by atoms with van der Waals surface area (Å²) in [4.78, 5) is 2.47. The van der Waals surface area contributed by atoms with Crippen molar-refractivity contribution in [1.82, 2.24) is 10.3 Å². The molecule has 0 fully saturated rings. The second-order valence-electron chi connectivity index (χ2n) is 4.02. The molecular weight excluding hydrogens is 309 g/mol. The Balaban J connectivity index is 2.62. The number of H-pyrrole nitrogens is 1. The van der Waals surface area contributed by atoms with Gasteiger partial charge < -0.3 is 10.3 Å². The summed E-state index contributed by atoms with van der Waals surface area (Å²) in [6, 6.07) is 5.09. The van der Waals surface area contributed by atoms with E-state index < -0.39 is 11.9 Å². The number of halogens is 4. The summed E-state index contributed by atoms with van der Waals surface area (Å²) < 4.78 is 39.6. The van der Waals surface area contributed by atoms with Gasteiger partial charge in [0.05, 0.1) is 0 Å². The minimum atomic E-state index is -4.35. The van der Waals surface area contributed by atoms with Gasteiger partial charge in [0.15, 0.2) is 0 Å². The first-order valence-electron chi connectivity index (χ1n) is 5.45. The zero-order valence-corrected chi connectivity index (χ0v) is 11.2. The van der Waals surface area contributed by atoms with E-state index in [1.807, 2.05) is 0 Å². The third kappa shape index (κ3) is 2.54. The van der Waals surface area contributed by atoms with Crippen LogP contribution in [0.1, 0.15) is 11.3 Å². The van der Waals surface area contributed by atoms with Gasteiger partial charge in [0.25, 0.3) is 0 Å². The number of alkyl halides is 3. The lowest BCUT2D eigenvalue weighted by Crippen LogP contribution is -2.14. The van der Waals surface area contributed by atoms with Gasteiger partial charge in [0.1, 0.15) is 5.69 Å². The molecule has 0 unspecified atom stereocenters. The van der Waals surface area contributed by atoms with Crippen molar-refractivity contribution in [3.63, 3.8) is 0 Å². The maximum atomic E-state index is 13.0. The van der Waals surface area contributed by atoms with Crippen molar-refractivity contribution >= 4 is 26.8 Å². The van der Waals surface area contributed by atoms with E-state index >= 15 is 0 Å². The fraction of sp³-hybridized carbons (Fsp3) is 0.333. The molecule has 0 aliphatic carbocycles. The Hall–Kier alpha value is -1.01. The van der Waals surface area contributed by atoms with E-state index in [4.69, 9.17) is 0 Å². The number of aromatic amines is 1. The first-order valence-corrected chi connectivity index (χ1v) is 6.24. The Bertz CT molecular complexity index is 560. The molecule has 2 N–H and O–H groups in total. The normalized spacial score (nSPS) is 12.3. The fourth-order valence-corrected chi connectivity index (χ4v) is 2.33. The van der Waals surface area contributed by atoms with Gasteiger partial charge in [-0.1, -0.05) is 15.9 Å². The van der Waals surface area contributed by atoms with Crippen LogP contribution in [0.2, 0.25) is 0 Å². The molecule has 0 aliphatic heterocycles. The summed E-state index contributed by atoms with van der Waals surface area (Å²) >= 11 is 3.28. The number of nitrogens with one attached hydrogen (secondary N) is 2. The molecule has 0 bridgehead atoms. The van der Waals surface area contributed by atoms with Crippen LogP contribution in [0.3, 0.4) is 0 Å². The van der Waals surface area contributed by atoms with E-state index in [1.54, 1.807) is 25.2 Å². The van der Waals surface area contributed by atoms with Crippen LogP contribution in [0.25, 0.3) is 10.9 Å². The molecule has 0 radical (unpaired) electrons. The van der Waals surface area contributed by atoms with Crippen molar-refractivity contribution in [1.29, 1.82) is 0 Å². The van der Waals surface area contributed by atoms with Gasteiger partial charge in [-0.15, -0.1) is 0 Å². The first kappa shape index (κ1) is 13.4. The van der Waals surface area contributed by atoms with E-state index in [9.17, 15) is 13.2 Å². The summed E-state index contributed by atoms with van der Waals surface area (Å²) in [5, 5.41) is 3.49. The largest absolute Gasteiger partial charge is 0.431 e. The van der Waals surface area contributed by atoms with Crippen LogP contribution in [0.15, 0.2) is 22.7 Å². The van der Waals surface area contributed by atoms with Crippen molar-refractivity contribution in [3.05, 3.63) is 33.9 Å². The Morgan fingerprint density at radius 1 is 1.33 bits per heavy atom. The molecule has 2 nitrogen and oxygen atoms in total. The molecule has 0 saturated heterocycles. The number of benzene rings is 1. The molecule has 1 aromatic heterocycles. The van der Waals surface area contributed by atoms with Crippen molar-refractivity contribution in [2.45, 2.75) is 12.6 Å². The van der Waals surface area contributed by atoms with Crippen molar-refractivity contribution < 1.29 is 13.2 Å². The van der Waals surface area contributed by atoms with Crippen LogP contribution in [-0.4, -0.2) is 18.6 Å². The molecule has 0 saturated carbocycles. The third-order valence-corrected chi connectivity index (χ3v) is 3.27. The van der Waals surface area contributed by atoms with Gasteiger partial charge in [-0.3, -0.25) is 0 Å². The average molecular weight is 321 g/mol. The molecule has 6 heteroatoms. The predicted molar refractivity (Wildman–Crippen MR) is 68.6 cm³/mol. The smallest absolute Gasteiger partial charge is 0.351 e. The Morgan fingerprint density at radius 3 is 2.67 bits per heavy atom. The van der Waals surface area contributed by atoms with Gasteiger partial charge >= 0.3 is 6.18 Å². The number of aromatic nitrogens is 1. The number of rotatable bonds is 3. The van der Waals surface area contributed by atoms with Crippen molar-refractivity contribution in [2.75, 3.05) is 13.6 Å². The van der Waals surface area contributed by atoms with E-state index in [0.717, 1.165) is 4.47 Å². The molecule has 2 aromatic rings. The summed E-state index contributed by atoms with van der Waals surface area (Å²) in [5.41, 5.74) is 0.177. The SMILES string of the molecule is CNCCc1c(C(F)(F)F)[nH]c2ccc(Br)cc12. The monoisotopic (exact) mass is 320 g/mol. The summed E-state index contributed by atoms with van der Waals surface area (Å²) in [6.45, 7) is 0.503. The molecular formula is C12H12BrF3N2. The van der Waals surface area contributed by atoms with Crippen molar-refractivity contribution in [2.24, 2.45) is 0 Å². The highest BCUT2D eigenvalue weighted by molar-refractivity contribution is 9.10. The van der Waals surface area contributed by atoms with Crippen LogP contribution < -0.4 is 5.32 Å². The zero-order chi connectivity index (χ0) is 13.3. The van der Waals surface area contributed by atoms with Gasteiger partial charge in [0, 0.05) is 15.4 Å². The third-order valence-electron chi connectivity index (χ3n) is 2.78. The Kier molecular flexibility index (Phi) is 3.68. The van der Waals surface area contributed by atoms with Gasteiger partial charge in [-0.25, -0.2) is 0 Å². The highest BCUT2D eigenvalue weighted by Gasteiger charge is 2.36.